The Labute approximate surface area is 806 Å². The first kappa shape index (κ1) is 107. The lowest BCUT2D eigenvalue weighted by atomic mass is 9.91. The maximum absolute atomic E-state index is 12.2. The molecule has 14 rings (SSSR count). The fourth-order valence-electron chi connectivity index (χ4n) is 12.6. The molecule has 0 spiro atoms. The number of fused-ring (bicyclic) bond motifs is 4. The zero-order chi connectivity index (χ0) is 99.8. The van der Waals surface area contributed by atoms with E-state index in [1.807, 2.05) is 218 Å². The van der Waals surface area contributed by atoms with Crippen LogP contribution in [0, 0.1) is 27.6 Å². The van der Waals surface area contributed by atoms with E-state index in [1.54, 1.807) is 80.4 Å². The molecule has 0 saturated heterocycles. The van der Waals surface area contributed by atoms with Gasteiger partial charge in [0.2, 0.25) is 6.29 Å². The average Bonchev–Trinajstić information content (AvgIpc) is 1.65. The smallest absolute Gasteiger partial charge is 0.469 e. The second-order valence-electron chi connectivity index (χ2n) is 36.6. The average molecular weight is 1890 g/mol. The zero-order valence-corrected chi connectivity index (χ0v) is 83.1. The van der Waals surface area contributed by atoms with Gasteiger partial charge >= 0.3 is 36.0 Å². The molecule has 0 bridgehead atoms. The molecular weight excluding hydrogens is 1760 g/mol. The molecule has 0 saturated carbocycles. The number of ether oxygens (including phenoxy) is 9. The van der Waals surface area contributed by atoms with Crippen LogP contribution in [0.25, 0.3) is 66.9 Å². The van der Waals surface area contributed by atoms with Crippen LogP contribution >= 0.6 is 11.6 Å². The highest BCUT2D eigenvalue weighted by Gasteiger charge is 2.32. The van der Waals surface area contributed by atoms with Crippen LogP contribution < -0.4 is 9.47 Å². The molecule has 0 amide bonds. The van der Waals surface area contributed by atoms with E-state index in [2.05, 4.69) is 89.7 Å². The van der Waals surface area contributed by atoms with Gasteiger partial charge in [0.05, 0.1) is 78.8 Å². The normalized spacial score (nSPS) is 12.8. The van der Waals surface area contributed by atoms with Crippen LogP contribution in [0.15, 0.2) is 206 Å². The molecule has 1 aliphatic heterocycles. The Morgan fingerprint density at radius 2 is 0.781 bits per heavy atom. The lowest BCUT2D eigenvalue weighted by Crippen LogP contribution is -2.26. The third-order valence-electron chi connectivity index (χ3n) is 23.5. The maximum atomic E-state index is 12.2. The van der Waals surface area contributed by atoms with Crippen molar-refractivity contribution < 1.29 is 81.0 Å². The molecule has 0 fully saturated rings. The Morgan fingerprint density at radius 3 is 1.18 bits per heavy atom. The summed E-state index contributed by atoms with van der Waals surface area (Å²) in [6.45, 7) is 37.7. The topological polar surface area (TPSA) is 342 Å². The number of hydrogen-bond donors (Lipinski definition) is 0. The highest BCUT2D eigenvalue weighted by atomic mass is 35.5. The second kappa shape index (κ2) is 50.1. The minimum Gasteiger partial charge on any atom is -0.469 e. The van der Waals surface area contributed by atoms with Gasteiger partial charge in [-0.25, -0.2) is 4.79 Å². The van der Waals surface area contributed by atoms with Gasteiger partial charge in [-0.05, 0) is 258 Å². The number of halogens is 1. The number of methoxy groups -OCH3 is 1. The summed E-state index contributed by atoms with van der Waals surface area (Å²) in [5.41, 5.74) is 11.9. The summed E-state index contributed by atoms with van der Waals surface area (Å²) in [6, 6.07) is 60.5. The summed E-state index contributed by atoms with van der Waals surface area (Å²) in [7, 11) is 1.41. The van der Waals surface area contributed by atoms with Crippen molar-refractivity contribution in [2.45, 2.75) is 220 Å². The van der Waals surface area contributed by atoms with Gasteiger partial charge in [-0.2, -0.15) is 0 Å². The van der Waals surface area contributed by atoms with Crippen molar-refractivity contribution >= 4 is 104 Å². The minimum atomic E-state index is -0.797. The fourth-order valence-corrected chi connectivity index (χ4v) is 12.8. The Hall–Kier alpha value is -13.8. The van der Waals surface area contributed by atoms with Crippen molar-refractivity contribution in [3.63, 3.8) is 0 Å². The molecule has 3 unspecified atom stereocenters. The Morgan fingerprint density at radius 1 is 0.416 bits per heavy atom. The highest BCUT2D eigenvalue weighted by molar-refractivity contribution is 6.31. The Balaban J connectivity index is 0.000000193. The molecule has 29 nitrogen and oxygen atoms in total. The van der Waals surface area contributed by atoms with Gasteiger partial charge in [0.25, 0.3) is 0 Å². The summed E-state index contributed by atoms with van der Waals surface area (Å²) in [5, 5.41) is 36.6. The standard InChI is InChI=1S/C25H31N3O5.C24H27N3O4.C21H22ClN3O3.C21H23N3O3.C10H14.C6H12O2/c1-7-25(5,6)22(29)31-15-14-17-12-13-18-19(16-17)27-28(26-18)20-10-8-9-11-21(20)32-23(30)33-24(2,3)4;1-4-24(2,3)23(28)30-15-13-17-11-12-21(31-22-10-7-14-29-22)20(16-17)27-25-18-8-5-6-9-19(18)26-27;1-4-21(2,3)20(27)28-10-9-14-5-6-15(13-26)19(11-14)25-23-17-8-7-16(22)12-18(17)24-25;1-4-21(2,3)20(26)27-12-11-15-9-10-16(14-25)19(13-15)24-22-17-7-5-6-8-18(17)23-24;1-3-9(2)10-7-5-4-6-8-10;1-4-5(2)6(7)8-3/h8-13,16H,7,14-15H2,1-6H3;5-9,11-12,14,16,22H,4,10,13,15H2,1-3H3;5-8,11-13H,4,9-10H2,1-3H3;5-10,13-14H,4,11-12H2,1-3H3;4-9H,3H2,1-2H3;5H,4H2,1-3H3. The maximum Gasteiger partial charge on any atom is 0.514 e. The largest absolute Gasteiger partial charge is 0.514 e. The molecule has 3 atom stereocenters. The van der Waals surface area contributed by atoms with Crippen LogP contribution in [-0.2, 0) is 82.8 Å². The SMILES string of the molecule is CCC(C)(C)C(=O)OCCc1ccc(C=O)c(-n2nc3ccc(Cl)cc3n2)c1.CCC(C)(C)C(=O)OCCc1ccc(C=O)c(-n2nc3ccccc3n2)c1.CCC(C)(C)C(=O)OCCc1ccc(OC2CC=CO2)c(-n2nc3ccccc3n2)c1.CCC(C)(C)C(=O)OCCc1ccc2nn(-c3ccccc3OC(=O)OC(C)(C)C)nc2c1.CCC(C)C(=O)OC.CCC(C)c1ccccc1. The lowest BCUT2D eigenvalue weighted by molar-refractivity contribution is -0.154. The summed E-state index contributed by atoms with van der Waals surface area (Å²) in [5.74, 6) is 0.777. The van der Waals surface area contributed by atoms with Crippen molar-refractivity contribution in [3.8, 4) is 34.2 Å². The molecule has 137 heavy (non-hydrogen) atoms. The van der Waals surface area contributed by atoms with Crippen molar-refractivity contribution in [2.75, 3.05) is 33.5 Å². The first-order chi connectivity index (χ1) is 65.3. The predicted molar refractivity (Wildman–Crippen MR) is 529 cm³/mol. The number of para-hydroxylation sites is 2. The zero-order valence-electron chi connectivity index (χ0n) is 82.3. The Kier molecular flexibility index (Phi) is 39.1. The quantitative estimate of drug-likeness (QED) is 0.0160. The molecule has 0 N–H and O–H groups in total. The summed E-state index contributed by atoms with van der Waals surface area (Å²) >= 11 is 6.01. The van der Waals surface area contributed by atoms with Gasteiger partial charge in [0.15, 0.2) is 24.1 Å². The molecule has 1 aliphatic rings. The van der Waals surface area contributed by atoms with Crippen LogP contribution in [-0.4, -0.2) is 154 Å². The molecule has 30 heteroatoms. The van der Waals surface area contributed by atoms with Crippen LogP contribution in [0.5, 0.6) is 11.5 Å². The fraction of sp³-hybridized carbons (Fsp3) is 0.402. The third kappa shape index (κ3) is 31.1. The molecule has 726 valence electrons. The molecule has 0 radical (unpaired) electrons. The first-order valence-corrected chi connectivity index (χ1v) is 46.8. The molecule has 4 aromatic heterocycles. The van der Waals surface area contributed by atoms with E-state index in [9.17, 15) is 38.4 Å². The summed E-state index contributed by atoms with van der Waals surface area (Å²) in [6.07, 6.45) is 11.9. The number of aldehydes is 2. The highest BCUT2D eigenvalue weighted by Crippen LogP contribution is 2.33. The van der Waals surface area contributed by atoms with Crippen LogP contribution in [0.1, 0.15) is 231 Å². The number of rotatable bonds is 33. The summed E-state index contributed by atoms with van der Waals surface area (Å²) < 4.78 is 48.3. The minimum absolute atomic E-state index is 0.0556. The summed E-state index contributed by atoms with van der Waals surface area (Å²) in [4.78, 5) is 100. The van der Waals surface area contributed by atoms with E-state index in [0.717, 1.165) is 82.6 Å². The van der Waals surface area contributed by atoms with Gasteiger partial charge in [-0.1, -0.05) is 158 Å². The number of nitrogens with zero attached hydrogens (tertiary/aromatic N) is 12. The molecular formula is C107H129ClN12O17. The lowest BCUT2D eigenvalue weighted by Gasteiger charge is -2.20. The van der Waals surface area contributed by atoms with Gasteiger partial charge in [-0.15, -0.1) is 60.0 Å². The van der Waals surface area contributed by atoms with E-state index in [4.69, 9.17) is 49.5 Å². The van der Waals surface area contributed by atoms with Crippen molar-refractivity contribution in [1.29, 1.82) is 0 Å². The number of carbonyl (C=O) groups excluding carboxylic acids is 8. The van der Waals surface area contributed by atoms with E-state index >= 15 is 0 Å². The van der Waals surface area contributed by atoms with Gasteiger partial charge < -0.3 is 42.6 Å². The van der Waals surface area contributed by atoms with Gasteiger partial charge in [0, 0.05) is 48.3 Å². The van der Waals surface area contributed by atoms with Gasteiger partial charge in [-0.3, -0.25) is 33.6 Å². The van der Waals surface area contributed by atoms with Crippen LogP contribution in [0.3, 0.4) is 0 Å². The first-order valence-electron chi connectivity index (χ1n) is 46.4. The van der Waals surface area contributed by atoms with Crippen molar-refractivity contribution in [3.05, 3.63) is 250 Å². The van der Waals surface area contributed by atoms with E-state index in [0.29, 0.717) is 124 Å². The van der Waals surface area contributed by atoms with Crippen molar-refractivity contribution in [1.82, 2.24) is 60.0 Å². The number of benzene rings is 9. The van der Waals surface area contributed by atoms with E-state index in [1.165, 1.54) is 33.5 Å². The molecule has 9 aromatic carbocycles. The number of aromatic nitrogens is 12. The predicted octanol–water partition coefficient (Wildman–Crippen LogP) is 22.4. The number of esters is 5. The third-order valence-corrected chi connectivity index (χ3v) is 23.7. The Bertz CT molecular complexity index is 6190. The van der Waals surface area contributed by atoms with Crippen LogP contribution in [0.2, 0.25) is 5.02 Å². The monoisotopic (exact) mass is 1890 g/mol. The number of carbonyl (C=O) groups is 8. The molecule has 5 heterocycles. The van der Waals surface area contributed by atoms with Crippen molar-refractivity contribution in [2.24, 2.45) is 27.6 Å². The number of hydrogen-bond acceptors (Lipinski definition) is 25. The van der Waals surface area contributed by atoms with Crippen LogP contribution in [0.4, 0.5) is 4.79 Å². The van der Waals surface area contributed by atoms with E-state index in [-0.39, 0.29) is 61.0 Å². The van der Waals surface area contributed by atoms with Gasteiger partial charge in [0.1, 0.15) is 61.1 Å². The second-order valence-corrected chi connectivity index (χ2v) is 37.0. The molecule has 0 aliphatic carbocycles. The molecule has 13 aromatic rings. The van der Waals surface area contributed by atoms with E-state index < -0.39 is 33.4 Å².